The van der Waals surface area contributed by atoms with Crippen LogP contribution in [0.4, 0.5) is 5.69 Å². The van der Waals surface area contributed by atoms with Crippen LogP contribution >= 0.6 is 0 Å². The predicted octanol–water partition coefficient (Wildman–Crippen LogP) is 3.20. The average molecular weight is 396 g/mol. The van der Waals surface area contributed by atoms with Gasteiger partial charge in [-0.2, -0.15) is 4.98 Å². The molecule has 0 fully saturated rings. The molecule has 1 amide bonds. The number of nitrogens with zero attached hydrogens (tertiary/aromatic N) is 3. The Bertz CT molecular complexity index is 1040. The molecule has 0 aliphatic heterocycles. The lowest BCUT2D eigenvalue weighted by Gasteiger charge is -2.09. The molecule has 2 aromatic heterocycles. The zero-order valence-corrected chi connectivity index (χ0v) is 16.8. The van der Waals surface area contributed by atoms with E-state index in [1.54, 1.807) is 42.0 Å². The molecule has 29 heavy (non-hydrogen) atoms. The number of carbonyl (C=O) groups is 1. The Morgan fingerprint density at radius 2 is 1.97 bits per heavy atom. The van der Waals surface area contributed by atoms with Crippen molar-refractivity contribution >= 4 is 11.6 Å². The van der Waals surface area contributed by atoms with Crippen LogP contribution in [0.2, 0.25) is 0 Å². The number of ether oxygens (including phenoxy) is 1. The Kier molecular flexibility index (Phi) is 6.43. The van der Waals surface area contributed by atoms with E-state index in [4.69, 9.17) is 9.26 Å². The van der Waals surface area contributed by atoms with Crippen LogP contribution in [-0.4, -0.2) is 27.7 Å². The molecule has 0 saturated heterocycles. The molecule has 1 aromatic carbocycles. The molecule has 0 aliphatic rings. The molecular formula is C21H24N4O4. The van der Waals surface area contributed by atoms with Gasteiger partial charge < -0.3 is 19.1 Å². The number of methoxy groups -OCH3 is 1. The molecule has 0 radical (unpaired) electrons. The molecule has 0 saturated carbocycles. The number of rotatable bonds is 8. The lowest BCUT2D eigenvalue weighted by Crippen LogP contribution is -2.23. The molecule has 2 heterocycles. The Morgan fingerprint density at radius 1 is 1.21 bits per heavy atom. The van der Waals surface area contributed by atoms with Crippen molar-refractivity contribution < 1.29 is 14.1 Å². The van der Waals surface area contributed by atoms with Crippen LogP contribution < -0.4 is 15.6 Å². The Morgan fingerprint density at radius 3 is 2.66 bits per heavy atom. The largest absolute Gasteiger partial charge is 0.497 e. The molecule has 8 nitrogen and oxygen atoms in total. The van der Waals surface area contributed by atoms with Gasteiger partial charge in [0, 0.05) is 30.8 Å². The summed E-state index contributed by atoms with van der Waals surface area (Å²) in [6.45, 7) is 4.54. The second-order valence-electron chi connectivity index (χ2n) is 6.63. The minimum atomic E-state index is -0.171. The zero-order valence-electron chi connectivity index (χ0n) is 16.8. The average Bonchev–Trinajstić information content (AvgIpc) is 3.19. The lowest BCUT2D eigenvalue weighted by molar-refractivity contribution is -0.116. The number of hydrogen-bond acceptors (Lipinski definition) is 6. The number of aromatic nitrogens is 3. The third-order valence-corrected chi connectivity index (χ3v) is 4.49. The van der Waals surface area contributed by atoms with E-state index in [0.717, 1.165) is 17.9 Å². The lowest BCUT2D eigenvalue weighted by atomic mass is 10.2. The molecule has 152 valence electrons. The van der Waals surface area contributed by atoms with E-state index >= 15 is 0 Å². The van der Waals surface area contributed by atoms with Crippen molar-refractivity contribution in [3.8, 4) is 17.1 Å². The van der Waals surface area contributed by atoms with Crippen molar-refractivity contribution in [2.45, 2.75) is 39.7 Å². The third-order valence-electron chi connectivity index (χ3n) is 4.49. The number of benzene rings is 1. The Balaban J connectivity index is 1.64. The minimum absolute atomic E-state index is 0.142. The van der Waals surface area contributed by atoms with Crippen molar-refractivity contribution in [2.24, 2.45) is 0 Å². The van der Waals surface area contributed by atoms with Crippen molar-refractivity contribution in [2.75, 3.05) is 12.4 Å². The fourth-order valence-corrected chi connectivity index (χ4v) is 2.93. The summed E-state index contributed by atoms with van der Waals surface area (Å²) < 4.78 is 12.0. The van der Waals surface area contributed by atoms with Gasteiger partial charge in [0.2, 0.25) is 17.6 Å². The predicted molar refractivity (Wildman–Crippen MR) is 109 cm³/mol. The first kappa shape index (κ1) is 20.3. The van der Waals surface area contributed by atoms with E-state index in [0.29, 0.717) is 23.7 Å². The van der Waals surface area contributed by atoms with Crippen molar-refractivity contribution in [3.63, 3.8) is 0 Å². The second-order valence-corrected chi connectivity index (χ2v) is 6.63. The van der Waals surface area contributed by atoms with Gasteiger partial charge in [-0.1, -0.05) is 12.1 Å². The fraction of sp³-hybridized carbons (Fsp3) is 0.333. The first-order valence-electron chi connectivity index (χ1n) is 9.49. The highest BCUT2D eigenvalue weighted by Crippen LogP contribution is 2.16. The van der Waals surface area contributed by atoms with Crippen LogP contribution in [-0.2, 0) is 17.8 Å². The summed E-state index contributed by atoms with van der Waals surface area (Å²) in [7, 11) is 1.59. The fourth-order valence-electron chi connectivity index (χ4n) is 2.93. The first-order chi connectivity index (χ1) is 14.0. The molecule has 1 N–H and O–H groups in total. The summed E-state index contributed by atoms with van der Waals surface area (Å²) in [4.78, 5) is 29.1. The van der Waals surface area contributed by atoms with Crippen molar-refractivity contribution in [1.82, 2.24) is 14.7 Å². The highest BCUT2D eigenvalue weighted by molar-refractivity contribution is 5.90. The molecule has 0 bridgehead atoms. The SMILES string of the molecule is CCCn1c(C)ccc(-c2noc(CCC(=O)Nc3ccc(OC)cc3)n2)c1=O. The second kappa shape index (κ2) is 9.18. The summed E-state index contributed by atoms with van der Waals surface area (Å²) in [5.74, 6) is 1.10. The van der Waals surface area contributed by atoms with Gasteiger partial charge in [0.1, 0.15) is 5.75 Å². The third kappa shape index (κ3) is 4.90. The molecule has 8 heteroatoms. The maximum Gasteiger partial charge on any atom is 0.261 e. The summed E-state index contributed by atoms with van der Waals surface area (Å²) >= 11 is 0. The Labute approximate surface area is 168 Å². The van der Waals surface area contributed by atoms with Gasteiger partial charge in [0.05, 0.1) is 12.7 Å². The number of nitrogens with one attached hydrogen (secondary N) is 1. The molecule has 0 atom stereocenters. The van der Waals surface area contributed by atoms with E-state index in [1.165, 1.54) is 0 Å². The standard InChI is InChI=1S/C21H24N4O4/c1-4-13-25-14(2)5-10-17(21(25)27)20-23-19(29-24-20)12-11-18(26)22-15-6-8-16(28-3)9-7-15/h5-10H,4,11-13H2,1-3H3,(H,22,26). The number of carbonyl (C=O) groups excluding carboxylic acids is 1. The summed E-state index contributed by atoms with van der Waals surface area (Å²) in [5.41, 5.74) is 1.82. The van der Waals surface area contributed by atoms with Crippen LogP contribution in [0.3, 0.4) is 0 Å². The van der Waals surface area contributed by atoms with Gasteiger partial charge in [-0.05, 0) is 49.7 Å². The molecular weight excluding hydrogens is 372 g/mol. The van der Waals surface area contributed by atoms with Crippen LogP contribution in [0.5, 0.6) is 5.75 Å². The number of pyridine rings is 1. The van der Waals surface area contributed by atoms with Gasteiger partial charge in [0.15, 0.2) is 0 Å². The number of hydrogen-bond donors (Lipinski definition) is 1. The molecule has 3 rings (SSSR count). The van der Waals surface area contributed by atoms with E-state index < -0.39 is 0 Å². The van der Waals surface area contributed by atoms with E-state index in [9.17, 15) is 9.59 Å². The molecule has 0 aliphatic carbocycles. The van der Waals surface area contributed by atoms with Crippen LogP contribution in [0.15, 0.2) is 45.7 Å². The Hall–Kier alpha value is -3.42. The van der Waals surface area contributed by atoms with Crippen LogP contribution in [0.1, 0.15) is 31.4 Å². The van der Waals surface area contributed by atoms with E-state index in [2.05, 4.69) is 15.5 Å². The maximum atomic E-state index is 12.7. The van der Waals surface area contributed by atoms with E-state index in [1.807, 2.05) is 19.9 Å². The summed E-state index contributed by atoms with van der Waals surface area (Å²) in [6.07, 6.45) is 1.32. The zero-order chi connectivity index (χ0) is 20.8. The first-order valence-corrected chi connectivity index (χ1v) is 9.49. The topological polar surface area (TPSA) is 99.2 Å². The summed E-state index contributed by atoms with van der Waals surface area (Å²) in [6, 6.07) is 10.6. The normalized spacial score (nSPS) is 10.7. The highest BCUT2D eigenvalue weighted by atomic mass is 16.5. The van der Waals surface area contributed by atoms with Gasteiger partial charge >= 0.3 is 0 Å². The molecule has 0 spiro atoms. The highest BCUT2D eigenvalue weighted by Gasteiger charge is 2.15. The number of anilines is 1. The van der Waals surface area contributed by atoms with Crippen molar-refractivity contribution in [3.05, 3.63) is 58.3 Å². The number of aryl methyl sites for hydroxylation is 2. The van der Waals surface area contributed by atoms with Gasteiger partial charge in [0.25, 0.3) is 5.56 Å². The van der Waals surface area contributed by atoms with Gasteiger partial charge in [-0.15, -0.1) is 0 Å². The van der Waals surface area contributed by atoms with Gasteiger partial charge in [-0.25, -0.2) is 0 Å². The number of amides is 1. The van der Waals surface area contributed by atoms with Crippen LogP contribution in [0, 0.1) is 6.92 Å². The monoisotopic (exact) mass is 396 g/mol. The molecule has 0 unspecified atom stereocenters. The summed E-state index contributed by atoms with van der Waals surface area (Å²) in [5, 5.41) is 6.72. The van der Waals surface area contributed by atoms with Crippen molar-refractivity contribution in [1.29, 1.82) is 0 Å². The minimum Gasteiger partial charge on any atom is -0.497 e. The van der Waals surface area contributed by atoms with Crippen LogP contribution in [0.25, 0.3) is 11.4 Å². The van der Waals surface area contributed by atoms with Gasteiger partial charge in [-0.3, -0.25) is 9.59 Å². The molecule has 3 aromatic rings. The quantitative estimate of drug-likeness (QED) is 0.628. The maximum absolute atomic E-state index is 12.7. The van der Waals surface area contributed by atoms with E-state index in [-0.39, 0.29) is 30.1 Å². The smallest absolute Gasteiger partial charge is 0.261 e.